The Kier molecular flexibility index (Phi) is 1.55. The van der Waals surface area contributed by atoms with Gasteiger partial charge in [0.05, 0.1) is 15.8 Å². The molecule has 0 spiro atoms. The fourth-order valence-electron chi connectivity index (χ4n) is 1.01. The van der Waals surface area contributed by atoms with Gasteiger partial charge >= 0.3 is 5.97 Å². The minimum atomic E-state index is -0.945. The fourth-order valence-corrected chi connectivity index (χ4v) is 1.64. The van der Waals surface area contributed by atoms with Gasteiger partial charge in [-0.2, -0.15) is 0 Å². The second-order valence-corrected chi connectivity index (χ2v) is 3.09. The molecule has 0 unspecified atom stereocenters. The molecule has 0 bridgehead atoms. The highest BCUT2D eigenvalue weighted by Gasteiger charge is 2.09. The molecular weight excluding hydrogens is 174 g/mol. The van der Waals surface area contributed by atoms with Crippen LogP contribution in [0.2, 0.25) is 0 Å². The molecule has 1 aromatic heterocycles. The summed E-state index contributed by atoms with van der Waals surface area (Å²) < 4.78 is 0.856. The van der Waals surface area contributed by atoms with E-state index in [2.05, 4.69) is 10.5 Å². The van der Waals surface area contributed by atoms with Crippen LogP contribution in [-0.2, 0) is 0 Å². The Morgan fingerprint density at radius 2 is 2.42 bits per heavy atom. The van der Waals surface area contributed by atoms with Crippen molar-refractivity contribution < 1.29 is 9.90 Å². The fraction of sp³-hybridized carbons (Fsp3) is 0. The first-order valence-electron chi connectivity index (χ1n) is 3.28. The Balaban J connectivity index is 2.82. The molecule has 3 nitrogen and oxygen atoms in total. The van der Waals surface area contributed by atoms with Crippen molar-refractivity contribution in [1.82, 2.24) is 4.98 Å². The van der Waals surface area contributed by atoms with Crippen LogP contribution in [-0.4, -0.2) is 16.1 Å². The second kappa shape index (κ2) is 2.57. The van der Waals surface area contributed by atoms with Crippen LogP contribution in [0.3, 0.4) is 0 Å². The first kappa shape index (κ1) is 7.24. The van der Waals surface area contributed by atoms with E-state index >= 15 is 0 Å². The van der Waals surface area contributed by atoms with Crippen LogP contribution in [0.4, 0.5) is 0 Å². The van der Waals surface area contributed by atoms with Gasteiger partial charge in [-0.05, 0) is 12.1 Å². The lowest BCUT2D eigenvalue weighted by Crippen LogP contribution is -1.96. The van der Waals surface area contributed by atoms with E-state index in [4.69, 9.17) is 5.11 Å². The molecule has 0 aliphatic carbocycles. The maximum absolute atomic E-state index is 10.7. The number of aromatic carboxylic acids is 1. The SMILES string of the molecule is O=C(O)c1cccc2s[c]nc12. The van der Waals surface area contributed by atoms with E-state index in [0.29, 0.717) is 5.52 Å². The van der Waals surface area contributed by atoms with Gasteiger partial charge in [-0.15, -0.1) is 11.3 Å². The molecular formula is C8H4NO2S. The number of aromatic nitrogens is 1. The molecule has 0 amide bonds. The molecule has 12 heavy (non-hydrogen) atoms. The number of fused-ring (bicyclic) bond motifs is 1. The number of hydrogen-bond acceptors (Lipinski definition) is 3. The highest BCUT2D eigenvalue weighted by molar-refractivity contribution is 7.16. The molecule has 0 saturated heterocycles. The molecule has 1 radical (unpaired) electrons. The number of thiazole rings is 1. The van der Waals surface area contributed by atoms with E-state index in [-0.39, 0.29) is 5.56 Å². The van der Waals surface area contributed by atoms with Crippen molar-refractivity contribution in [1.29, 1.82) is 0 Å². The molecule has 1 aromatic carbocycles. The number of hydrogen-bond donors (Lipinski definition) is 1. The number of carboxylic acids is 1. The maximum atomic E-state index is 10.7. The zero-order chi connectivity index (χ0) is 8.55. The maximum Gasteiger partial charge on any atom is 0.337 e. The molecule has 0 aliphatic rings. The third kappa shape index (κ3) is 0.967. The van der Waals surface area contributed by atoms with Crippen molar-refractivity contribution in [3.63, 3.8) is 0 Å². The summed E-state index contributed by atoms with van der Waals surface area (Å²) in [6, 6.07) is 5.08. The quantitative estimate of drug-likeness (QED) is 0.724. The third-order valence-corrected chi connectivity index (χ3v) is 2.27. The van der Waals surface area contributed by atoms with Crippen LogP contribution >= 0.6 is 11.3 Å². The molecule has 4 heteroatoms. The summed E-state index contributed by atoms with van der Waals surface area (Å²) in [5.74, 6) is -0.945. The van der Waals surface area contributed by atoms with E-state index in [0.717, 1.165) is 4.70 Å². The van der Waals surface area contributed by atoms with E-state index in [1.807, 2.05) is 6.07 Å². The van der Waals surface area contributed by atoms with Crippen molar-refractivity contribution in [3.8, 4) is 0 Å². The van der Waals surface area contributed by atoms with Gasteiger partial charge in [0.2, 0.25) is 0 Å². The minimum absolute atomic E-state index is 0.241. The molecule has 0 aliphatic heterocycles. The number of carboxylic acid groups (broad SMARTS) is 1. The number of nitrogens with zero attached hydrogens (tertiary/aromatic N) is 1. The lowest BCUT2D eigenvalue weighted by molar-refractivity contribution is 0.0699. The third-order valence-electron chi connectivity index (χ3n) is 1.54. The number of benzene rings is 1. The van der Waals surface area contributed by atoms with Crippen molar-refractivity contribution >= 4 is 27.5 Å². The van der Waals surface area contributed by atoms with Crippen molar-refractivity contribution in [2.75, 3.05) is 0 Å². The molecule has 0 atom stereocenters. The van der Waals surface area contributed by atoms with Gasteiger partial charge < -0.3 is 5.11 Å². The van der Waals surface area contributed by atoms with Crippen LogP contribution < -0.4 is 0 Å². The van der Waals surface area contributed by atoms with Gasteiger partial charge in [0.1, 0.15) is 0 Å². The Bertz CT molecular complexity index is 435. The van der Waals surface area contributed by atoms with Crippen LogP contribution in [0, 0.1) is 5.51 Å². The van der Waals surface area contributed by atoms with Gasteiger partial charge in [-0.3, -0.25) is 0 Å². The first-order valence-corrected chi connectivity index (χ1v) is 4.09. The molecule has 1 N–H and O–H groups in total. The predicted octanol–water partition coefficient (Wildman–Crippen LogP) is 1.79. The van der Waals surface area contributed by atoms with Gasteiger partial charge in [-0.1, -0.05) is 6.07 Å². The summed E-state index contributed by atoms with van der Waals surface area (Å²) in [4.78, 5) is 14.5. The van der Waals surface area contributed by atoms with Crippen molar-refractivity contribution in [2.24, 2.45) is 0 Å². The molecule has 0 saturated carbocycles. The summed E-state index contributed by atoms with van der Waals surface area (Å²) in [6.07, 6.45) is 0. The van der Waals surface area contributed by atoms with E-state index in [1.54, 1.807) is 6.07 Å². The standard InChI is InChI=1S/C8H4NO2S/c10-8(11)5-2-1-3-6-7(5)9-4-12-6/h1-3H,(H,10,11). The highest BCUT2D eigenvalue weighted by atomic mass is 32.1. The summed E-state index contributed by atoms with van der Waals surface area (Å²) in [5, 5.41) is 8.75. The Morgan fingerprint density at radius 3 is 3.17 bits per heavy atom. The van der Waals surface area contributed by atoms with Crippen molar-refractivity contribution in [3.05, 3.63) is 29.3 Å². The van der Waals surface area contributed by atoms with Gasteiger partial charge in [0, 0.05) is 0 Å². The topological polar surface area (TPSA) is 50.2 Å². The largest absolute Gasteiger partial charge is 0.478 e. The second-order valence-electron chi connectivity index (χ2n) is 2.26. The Morgan fingerprint density at radius 1 is 1.58 bits per heavy atom. The lowest BCUT2D eigenvalue weighted by Gasteiger charge is -1.93. The molecule has 2 rings (SSSR count). The zero-order valence-electron chi connectivity index (χ0n) is 5.94. The summed E-state index contributed by atoms with van der Waals surface area (Å²) in [5.41, 5.74) is 3.43. The predicted molar refractivity (Wildman–Crippen MR) is 45.4 cm³/mol. The molecule has 0 fully saturated rings. The number of carbonyl (C=O) groups is 1. The minimum Gasteiger partial charge on any atom is -0.478 e. The summed E-state index contributed by atoms with van der Waals surface area (Å²) >= 11 is 1.32. The monoisotopic (exact) mass is 178 g/mol. The molecule has 59 valence electrons. The van der Waals surface area contributed by atoms with Crippen molar-refractivity contribution in [2.45, 2.75) is 0 Å². The lowest BCUT2D eigenvalue weighted by atomic mass is 10.2. The average molecular weight is 178 g/mol. The van der Waals surface area contributed by atoms with Gasteiger partial charge in [0.25, 0.3) is 0 Å². The molecule has 1 heterocycles. The average Bonchev–Trinajstić information content (AvgIpc) is 2.49. The van der Waals surface area contributed by atoms with Crippen LogP contribution in [0.1, 0.15) is 10.4 Å². The normalized spacial score (nSPS) is 10.3. The van der Waals surface area contributed by atoms with Crippen LogP contribution in [0.15, 0.2) is 18.2 Å². The number of para-hydroxylation sites is 1. The Hall–Kier alpha value is -1.42. The van der Waals surface area contributed by atoms with Gasteiger partial charge in [0.15, 0.2) is 5.51 Å². The van der Waals surface area contributed by atoms with E-state index < -0.39 is 5.97 Å². The summed E-state index contributed by atoms with van der Waals surface area (Å²) in [6.45, 7) is 0. The Labute approximate surface area is 72.3 Å². The zero-order valence-corrected chi connectivity index (χ0v) is 6.76. The van der Waals surface area contributed by atoms with Gasteiger partial charge in [-0.25, -0.2) is 9.78 Å². The number of rotatable bonds is 1. The van der Waals surface area contributed by atoms with Crippen LogP contribution in [0.5, 0.6) is 0 Å². The van der Waals surface area contributed by atoms with Crippen LogP contribution in [0.25, 0.3) is 10.2 Å². The smallest absolute Gasteiger partial charge is 0.337 e. The highest BCUT2D eigenvalue weighted by Crippen LogP contribution is 2.20. The molecule has 2 aromatic rings. The van der Waals surface area contributed by atoms with E-state index in [9.17, 15) is 4.79 Å². The summed E-state index contributed by atoms with van der Waals surface area (Å²) in [7, 11) is 0. The first-order chi connectivity index (χ1) is 5.79. The van der Waals surface area contributed by atoms with E-state index in [1.165, 1.54) is 17.4 Å².